The number of benzene rings is 3. The Kier molecular flexibility index (Phi) is 4.42. The topological polar surface area (TPSA) is 63.7 Å². The zero-order valence-electron chi connectivity index (χ0n) is 19.4. The molecule has 1 aliphatic heterocycles. The zero-order valence-corrected chi connectivity index (χ0v) is 20.2. The van der Waals surface area contributed by atoms with Gasteiger partial charge < -0.3 is 4.74 Å². The van der Waals surface area contributed by atoms with E-state index in [0.29, 0.717) is 10.6 Å². The highest BCUT2D eigenvalue weighted by Crippen LogP contribution is 2.67. The fourth-order valence-electron chi connectivity index (χ4n) is 6.62. The van der Waals surface area contributed by atoms with E-state index in [0.717, 1.165) is 22.3 Å². The molecule has 2 amide bonds. The van der Waals surface area contributed by atoms with Crippen molar-refractivity contribution in [2.24, 2.45) is 11.3 Å². The Morgan fingerprint density at radius 2 is 1.44 bits per heavy atom. The lowest BCUT2D eigenvalue weighted by Crippen LogP contribution is -2.49. The Morgan fingerprint density at radius 3 is 2.08 bits per heavy atom. The average Bonchev–Trinajstić information content (AvgIpc) is 3.51. The number of esters is 1. The second-order valence-electron chi connectivity index (χ2n) is 9.74. The second-order valence-corrected chi connectivity index (χ2v) is 10.7. The molecule has 5 nitrogen and oxygen atoms in total. The Labute approximate surface area is 212 Å². The molecule has 6 heteroatoms. The molecule has 2 heterocycles. The van der Waals surface area contributed by atoms with Gasteiger partial charge >= 0.3 is 5.97 Å². The number of anilines is 1. The molecule has 3 aromatic carbocycles. The first kappa shape index (κ1) is 21.3. The maximum absolute atomic E-state index is 14.3. The van der Waals surface area contributed by atoms with Gasteiger partial charge in [-0.15, -0.1) is 11.3 Å². The third-order valence-corrected chi connectivity index (χ3v) is 8.89. The Balaban J connectivity index is 1.37. The van der Waals surface area contributed by atoms with Gasteiger partial charge in [0, 0.05) is 11.8 Å². The lowest BCUT2D eigenvalue weighted by atomic mass is 9.48. The molecule has 2 atom stereocenters. The molecule has 0 saturated carbocycles. The maximum Gasteiger partial charge on any atom is 0.353 e. The van der Waals surface area contributed by atoms with Gasteiger partial charge in [-0.05, 0) is 52.8 Å². The van der Waals surface area contributed by atoms with Crippen molar-refractivity contribution in [3.05, 3.63) is 117 Å². The molecule has 176 valence electrons. The van der Waals surface area contributed by atoms with E-state index in [2.05, 4.69) is 24.3 Å². The van der Waals surface area contributed by atoms with Gasteiger partial charge in [0.15, 0.2) is 5.75 Å². The van der Waals surface area contributed by atoms with Crippen LogP contribution in [0.5, 0.6) is 5.75 Å². The molecule has 2 bridgehead atoms. The summed E-state index contributed by atoms with van der Waals surface area (Å²) in [5.41, 5.74) is 3.81. The predicted octanol–water partition coefficient (Wildman–Crippen LogP) is 5.75. The minimum absolute atomic E-state index is 0.197. The Morgan fingerprint density at radius 1 is 0.833 bits per heavy atom. The number of ether oxygens (including phenoxy) is 1. The van der Waals surface area contributed by atoms with Gasteiger partial charge in [0.25, 0.3) is 0 Å². The number of imide groups is 1. The normalized spacial score (nSPS) is 25.4. The van der Waals surface area contributed by atoms with Gasteiger partial charge in [-0.25, -0.2) is 9.69 Å². The molecule has 0 unspecified atom stereocenters. The van der Waals surface area contributed by atoms with Crippen LogP contribution >= 0.6 is 11.3 Å². The summed E-state index contributed by atoms with van der Waals surface area (Å²) in [5, 5.41) is 1.80. The number of carbonyl (C=O) groups excluding carboxylic acids is 3. The summed E-state index contributed by atoms with van der Waals surface area (Å²) >= 11 is 1.28. The fraction of sp³-hybridized carbons (Fsp3) is 0.167. The van der Waals surface area contributed by atoms with Crippen molar-refractivity contribution < 1.29 is 19.1 Å². The monoisotopic (exact) mass is 491 g/mol. The van der Waals surface area contributed by atoms with Crippen LogP contribution in [-0.4, -0.2) is 17.8 Å². The summed E-state index contributed by atoms with van der Waals surface area (Å²) in [6.07, 6.45) is 0. The van der Waals surface area contributed by atoms with Crippen molar-refractivity contribution in [1.29, 1.82) is 0 Å². The van der Waals surface area contributed by atoms with E-state index >= 15 is 0 Å². The molecule has 4 aromatic rings. The fourth-order valence-corrected chi connectivity index (χ4v) is 7.22. The average molecular weight is 492 g/mol. The standard InChI is InChI=1S/C30H21NO4S/c1-30-25-19-11-4-2-9-17(19)24(18-10-3-5-12-20(18)25)26(30)27(32)31(29(30)34)21-13-6-7-14-22(21)35-28(33)23-15-8-16-36-23/h2-16,24-26H,1H3/t24?,25?,26-,30+/m0/s1. The third-order valence-electron chi connectivity index (χ3n) is 8.04. The minimum atomic E-state index is -0.949. The number of thiophene rings is 1. The van der Waals surface area contributed by atoms with E-state index in [-0.39, 0.29) is 29.4 Å². The quantitative estimate of drug-likeness (QED) is 0.208. The molecular formula is C30H21NO4S. The van der Waals surface area contributed by atoms with Gasteiger partial charge in [0.1, 0.15) is 4.88 Å². The van der Waals surface area contributed by atoms with E-state index in [9.17, 15) is 14.4 Å². The van der Waals surface area contributed by atoms with Crippen LogP contribution in [0.1, 0.15) is 50.7 Å². The van der Waals surface area contributed by atoms with Crippen molar-refractivity contribution in [1.82, 2.24) is 0 Å². The molecule has 3 aliphatic carbocycles. The predicted molar refractivity (Wildman–Crippen MR) is 136 cm³/mol. The van der Waals surface area contributed by atoms with Crippen molar-refractivity contribution >= 4 is 34.8 Å². The number of nitrogens with zero attached hydrogens (tertiary/aromatic N) is 1. The summed E-state index contributed by atoms with van der Waals surface area (Å²) in [6.45, 7) is 1.93. The smallest absolute Gasteiger partial charge is 0.353 e. The molecule has 1 saturated heterocycles. The first-order chi connectivity index (χ1) is 17.5. The number of carbonyl (C=O) groups is 3. The van der Waals surface area contributed by atoms with Crippen LogP contribution in [0, 0.1) is 11.3 Å². The molecule has 0 radical (unpaired) electrons. The van der Waals surface area contributed by atoms with Crippen LogP contribution in [0.2, 0.25) is 0 Å². The highest BCUT2D eigenvalue weighted by molar-refractivity contribution is 7.12. The molecule has 1 fully saturated rings. The number of rotatable bonds is 3. The lowest BCUT2D eigenvalue weighted by Gasteiger charge is -2.51. The zero-order chi connectivity index (χ0) is 24.6. The van der Waals surface area contributed by atoms with Gasteiger partial charge in [0.2, 0.25) is 11.8 Å². The Bertz CT molecular complexity index is 1530. The highest BCUT2D eigenvalue weighted by atomic mass is 32.1. The van der Waals surface area contributed by atoms with Crippen molar-refractivity contribution in [3.8, 4) is 5.75 Å². The summed E-state index contributed by atoms with van der Waals surface area (Å²) < 4.78 is 5.70. The second kappa shape index (κ2) is 7.48. The maximum atomic E-state index is 14.3. The minimum Gasteiger partial charge on any atom is -0.420 e. The van der Waals surface area contributed by atoms with Gasteiger partial charge in [-0.3, -0.25) is 9.59 Å². The van der Waals surface area contributed by atoms with Gasteiger partial charge in [-0.1, -0.05) is 66.7 Å². The summed E-state index contributed by atoms with van der Waals surface area (Å²) in [5.74, 6) is -1.81. The molecule has 0 N–H and O–H groups in total. The van der Waals surface area contributed by atoms with E-state index in [4.69, 9.17) is 4.74 Å². The number of hydrogen-bond donors (Lipinski definition) is 0. The van der Waals surface area contributed by atoms with Gasteiger partial charge in [0.05, 0.1) is 17.0 Å². The van der Waals surface area contributed by atoms with Crippen molar-refractivity contribution in [2.75, 3.05) is 4.90 Å². The number of hydrogen-bond acceptors (Lipinski definition) is 5. The van der Waals surface area contributed by atoms with Crippen LogP contribution in [0.4, 0.5) is 5.69 Å². The van der Waals surface area contributed by atoms with Crippen LogP contribution in [-0.2, 0) is 9.59 Å². The molecule has 36 heavy (non-hydrogen) atoms. The summed E-state index contributed by atoms with van der Waals surface area (Å²) in [6, 6.07) is 26.6. The van der Waals surface area contributed by atoms with Crippen molar-refractivity contribution in [3.63, 3.8) is 0 Å². The third kappa shape index (κ3) is 2.62. The van der Waals surface area contributed by atoms with E-state index in [1.807, 2.05) is 31.2 Å². The van der Waals surface area contributed by atoms with E-state index in [1.54, 1.807) is 41.8 Å². The first-order valence-electron chi connectivity index (χ1n) is 11.9. The molecule has 1 aromatic heterocycles. The van der Waals surface area contributed by atoms with Crippen LogP contribution < -0.4 is 9.64 Å². The van der Waals surface area contributed by atoms with Crippen LogP contribution in [0.15, 0.2) is 90.3 Å². The van der Waals surface area contributed by atoms with Crippen LogP contribution in [0.3, 0.4) is 0 Å². The van der Waals surface area contributed by atoms with E-state index < -0.39 is 17.3 Å². The molecular weight excluding hydrogens is 470 g/mol. The van der Waals surface area contributed by atoms with Gasteiger partial charge in [-0.2, -0.15) is 0 Å². The van der Waals surface area contributed by atoms with E-state index in [1.165, 1.54) is 16.2 Å². The SMILES string of the molecule is C[C@]12C(=O)N(c3ccccc3OC(=O)c3cccs3)C(=O)[C@@H]1C1c3ccccc3C2c2ccccc21. The summed E-state index contributed by atoms with van der Waals surface area (Å²) in [4.78, 5) is 43.0. The Hall–Kier alpha value is -4.03. The first-order valence-corrected chi connectivity index (χ1v) is 12.8. The number of amides is 2. The molecule has 0 spiro atoms. The van der Waals surface area contributed by atoms with Crippen LogP contribution in [0.25, 0.3) is 0 Å². The molecule has 8 rings (SSSR count). The molecule has 4 aliphatic rings. The number of para-hydroxylation sites is 2. The lowest BCUT2D eigenvalue weighted by molar-refractivity contribution is -0.128. The largest absolute Gasteiger partial charge is 0.420 e. The highest BCUT2D eigenvalue weighted by Gasteiger charge is 2.69. The summed E-state index contributed by atoms with van der Waals surface area (Å²) in [7, 11) is 0. The van der Waals surface area contributed by atoms with Crippen molar-refractivity contribution in [2.45, 2.75) is 18.8 Å².